The molecule has 3 aromatic carbocycles. The Hall–Kier alpha value is -3.77. The van der Waals surface area contributed by atoms with Crippen LogP contribution in [0.3, 0.4) is 0 Å². The minimum absolute atomic E-state index is 0.0782. The summed E-state index contributed by atoms with van der Waals surface area (Å²) in [5.41, 5.74) is 0.840. The SMILES string of the molecule is FC(F)(F)Oc1cccc(NCCC(c2cccc(OC(F)(F)F)c2)c2cccc(OC(F)(F)F)c2)c1. The van der Waals surface area contributed by atoms with Gasteiger partial charge in [-0.2, -0.15) is 0 Å². The molecule has 3 rings (SSSR count). The van der Waals surface area contributed by atoms with Gasteiger partial charge >= 0.3 is 19.1 Å². The molecule has 0 spiro atoms. The van der Waals surface area contributed by atoms with Gasteiger partial charge in [0.25, 0.3) is 0 Å². The molecule has 0 saturated carbocycles. The molecule has 0 saturated heterocycles. The molecule has 1 N–H and O–H groups in total. The Kier molecular flexibility index (Phi) is 8.34. The second-order valence-electron chi connectivity index (χ2n) is 7.58. The first-order valence-electron chi connectivity index (χ1n) is 10.5. The van der Waals surface area contributed by atoms with Gasteiger partial charge < -0.3 is 19.5 Å². The second kappa shape index (κ2) is 11.1. The van der Waals surface area contributed by atoms with E-state index in [1.807, 2.05) is 0 Å². The van der Waals surface area contributed by atoms with Crippen LogP contribution in [-0.2, 0) is 0 Å². The lowest BCUT2D eigenvalue weighted by Crippen LogP contribution is -2.18. The van der Waals surface area contributed by atoms with Gasteiger partial charge in [0.1, 0.15) is 17.2 Å². The van der Waals surface area contributed by atoms with Crippen LogP contribution in [0.4, 0.5) is 45.2 Å². The molecule has 0 aliphatic carbocycles. The second-order valence-corrected chi connectivity index (χ2v) is 7.58. The van der Waals surface area contributed by atoms with Crippen LogP contribution in [0.15, 0.2) is 72.8 Å². The largest absolute Gasteiger partial charge is 0.573 e. The zero-order valence-corrected chi connectivity index (χ0v) is 18.5. The highest BCUT2D eigenvalue weighted by Crippen LogP contribution is 2.35. The van der Waals surface area contributed by atoms with Crippen molar-refractivity contribution in [3.63, 3.8) is 0 Å². The van der Waals surface area contributed by atoms with E-state index in [-0.39, 0.29) is 18.7 Å². The van der Waals surface area contributed by atoms with Crippen molar-refractivity contribution in [2.75, 3.05) is 11.9 Å². The molecular formula is C24H18F9NO3. The number of benzene rings is 3. The van der Waals surface area contributed by atoms with Crippen molar-refractivity contribution in [3.05, 3.63) is 83.9 Å². The number of ether oxygens (including phenoxy) is 3. The topological polar surface area (TPSA) is 39.7 Å². The molecule has 0 heterocycles. The van der Waals surface area contributed by atoms with Gasteiger partial charge in [0.05, 0.1) is 0 Å². The van der Waals surface area contributed by atoms with Gasteiger partial charge in [-0.05, 0) is 53.9 Å². The Balaban J connectivity index is 1.85. The van der Waals surface area contributed by atoms with E-state index in [0.717, 1.165) is 36.4 Å². The Bertz CT molecular complexity index is 1120. The van der Waals surface area contributed by atoms with E-state index in [1.54, 1.807) is 0 Å². The van der Waals surface area contributed by atoms with Gasteiger partial charge in [-0.25, -0.2) is 0 Å². The van der Waals surface area contributed by atoms with Crippen LogP contribution in [0.1, 0.15) is 23.5 Å². The van der Waals surface area contributed by atoms with Crippen LogP contribution in [-0.4, -0.2) is 25.6 Å². The first-order chi connectivity index (χ1) is 17.2. The first-order valence-corrected chi connectivity index (χ1v) is 10.5. The molecule has 0 amide bonds. The van der Waals surface area contributed by atoms with Gasteiger partial charge in [0.15, 0.2) is 0 Å². The summed E-state index contributed by atoms with van der Waals surface area (Å²) in [6.07, 6.45) is -14.7. The smallest absolute Gasteiger partial charge is 0.406 e. The third-order valence-electron chi connectivity index (χ3n) is 4.82. The van der Waals surface area contributed by atoms with E-state index in [9.17, 15) is 39.5 Å². The summed E-state index contributed by atoms with van der Waals surface area (Å²) in [5, 5.41) is 2.88. The zero-order valence-electron chi connectivity index (χ0n) is 18.5. The fourth-order valence-electron chi connectivity index (χ4n) is 3.55. The number of hydrogen-bond donors (Lipinski definition) is 1. The van der Waals surface area contributed by atoms with Crippen LogP contribution in [0.2, 0.25) is 0 Å². The molecule has 0 aliphatic rings. The van der Waals surface area contributed by atoms with E-state index in [2.05, 4.69) is 19.5 Å². The van der Waals surface area contributed by atoms with Crippen LogP contribution >= 0.6 is 0 Å². The number of hydrogen-bond acceptors (Lipinski definition) is 4. The molecule has 0 atom stereocenters. The van der Waals surface area contributed by atoms with Gasteiger partial charge in [-0.15, -0.1) is 39.5 Å². The summed E-state index contributed by atoms with van der Waals surface area (Å²) >= 11 is 0. The van der Waals surface area contributed by atoms with Crippen molar-refractivity contribution in [2.45, 2.75) is 31.4 Å². The Morgan fingerprint density at radius 1 is 0.568 bits per heavy atom. The lowest BCUT2D eigenvalue weighted by Gasteiger charge is -2.21. The van der Waals surface area contributed by atoms with Gasteiger partial charge in [-0.1, -0.05) is 30.3 Å². The molecule has 200 valence electrons. The lowest BCUT2D eigenvalue weighted by atomic mass is 9.88. The normalized spacial score (nSPS) is 12.4. The summed E-state index contributed by atoms with van der Waals surface area (Å²) in [5.74, 6) is -2.26. The van der Waals surface area contributed by atoms with Crippen LogP contribution in [0.25, 0.3) is 0 Å². The molecule has 3 aromatic rings. The van der Waals surface area contributed by atoms with E-state index < -0.39 is 42.3 Å². The van der Waals surface area contributed by atoms with Crippen molar-refractivity contribution in [1.82, 2.24) is 0 Å². The molecule has 4 nitrogen and oxygen atoms in total. The molecule has 0 aliphatic heterocycles. The number of nitrogens with one attached hydrogen (secondary N) is 1. The summed E-state index contributed by atoms with van der Waals surface area (Å²) in [6, 6.07) is 14.9. The molecule has 0 radical (unpaired) electrons. The van der Waals surface area contributed by atoms with E-state index in [1.165, 1.54) is 36.4 Å². The third kappa shape index (κ3) is 9.66. The molecule has 0 fully saturated rings. The van der Waals surface area contributed by atoms with Gasteiger partial charge in [0, 0.05) is 24.2 Å². The van der Waals surface area contributed by atoms with E-state index >= 15 is 0 Å². The van der Waals surface area contributed by atoms with Crippen LogP contribution < -0.4 is 19.5 Å². The monoisotopic (exact) mass is 539 g/mol. The Morgan fingerprint density at radius 2 is 0.973 bits per heavy atom. The van der Waals surface area contributed by atoms with Crippen molar-refractivity contribution < 1.29 is 53.7 Å². The Morgan fingerprint density at radius 3 is 1.41 bits per heavy atom. The van der Waals surface area contributed by atoms with E-state index in [4.69, 9.17) is 0 Å². The average Bonchev–Trinajstić information content (AvgIpc) is 2.74. The van der Waals surface area contributed by atoms with Crippen molar-refractivity contribution in [3.8, 4) is 17.2 Å². The maximum atomic E-state index is 12.7. The summed E-state index contributed by atoms with van der Waals surface area (Å²) in [6.45, 7) is 0.0782. The van der Waals surface area contributed by atoms with Crippen molar-refractivity contribution in [2.24, 2.45) is 0 Å². The molecule has 13 heteroatoms. The predicted octanol–water partition coefficient (Wildman–Crippen LogP) is 8.02. The highest BCUT2D eigenvalue weighted by Gasteiger charge is 2.33. The molecule has 37 heavy (non-hydrogen) atoms. The zero-order chi connectivity index (χ0) is 27.3. The number of rotatable bonds is 9. The molecule has 0 bridgehead atoms. The average molecular weight is 539 g/mol. The third-order valence-corrected chi connectivity index (χ3v) is 4.82. The summed E-state index contributed by atoms with van der Waals surface area (Å²) in [4.78, 5) is 0. The number of alkyl halides is 9. The van der Waals surface area contributed by atoms with Crippen molar-refractivity contribution >= 4 is 5.69 Å². The van der Waals surface area contributed by atoms with Crippen molar-refractivity contribution in [1.29, 1.82) is 0 Å². The first kappa shape index (κ1) is 27.8. The van der Waals surface area contributed by atoms with Gasteiger partial charge in [-0.3, -0.25) is 0 Å². The number of halogens is 9. The molecular weight excluding hydrogens is 521 g/mol. The van der Waals surface area contributed by atoms with E-state index in [0.29, 0.717) is 11.1 Å². The quantitative estimate of drug-likeness (QED) is 0.280. The van der Waals surface area contributed by atoms with Crippen LogP contribution in [0, 0.1) is 0 Å². The standard InChI is InChI=1S/C24H18F9NO3/c25-22(26,27)35-18-7-1-4-15(12-18)21(16-5-2-8-19(13-16)36-23(28,29)30)10-11-34-17-6-3-9-20(14-17)37-24(31,32)33/h1-9,12-14,21,34H,10-11H2. The maximum Gasteiger partial charge on any atom is 0.573 e. The minimum atomic E-state index is -4.96. The number of anilines is 1. The lowest BCUT2D eigenvalue weighted by molar-refractivity contribution is -0.275. The molecule has 0 unspecified atom stereocenters. The molecule has 0 aromatic heterocycles. The summed E-state index contributed by atoms with van der Waals surface area (Å²) < 4.78 is 125. The highest BCUT2D eigenvalue weighted by atomic mass is 19.4. The maximum absolute atomic E-state index is 12.7. The summed E-state index contributed by atoms with van der Waals surface area (Å²) in [7, 11) is 0. The van der Waals surface area contributed by atoms with Crippen LogP contribution in [0.5, 0.6) is 17.2 Å². The Labute approximate surface area is 204 Å². The minimum Gasteiger partial charge on any atom is -0.406 e. The fraction of sp³-hybridized carbons (Fsp3) is 0.250. The predicted molar refractivity (Wildman–Crippen MR) is 114 cm³/mol. The highest BCUT2D eigenvalue weighted by molar-refractivity contribution is 5.48. The fourth-order valence-corrected chi connectivity index (χ4v) is 3.55. The van der Waals surface area contributed by atoms with Gasteiger partial charge in [0.2, 0.25) is 0 Å².